The van der Waals surface area contributed by atoms with E-state index in [4.69, 9.17) is 4.74 Å². The summed E-state index contributed by atoms with van der Waals surface area (Å²) in [7, 11) is 1.61. The third kappa shape index (κ3) is 4.18. The van der Waals surface area contributed by atoms with Gasteiger partial charge < -0.3 is 15.4 Å². The number of unbranched alkanes of at least 4 members (excludes halogenated alkanes) is 1. The summed E-state index contributed by atoms with van der Waals surface area (Å²) in [5.74, 6) is 1.06. The summed E-state index contributed by atoms with van der Waals surface area (Å²) < 4.78 is 5.26. The van der Waals surface area contributed by atoms with Gasteiger partial charge in [0.15, 0.2) is 11.5 Å². The average molecular weight is 300 g/mol. The van der Waals surface area contributed by atoms with E-state index in [1.54, 1.807) is 19.2 Å². The highest BCUT2D eigenvalue weighted by atomic mass is 16.5. The van der Waals surface area contributed by atoms with Gasteiger partial charge in [-0.1, -0.05) is 25.5 Å². The van der Waals surface area contributed by atoms with Gasteiger partial charge in [-0.25, -0.2) is 0 Å². The van der Waals surface area contributed by atoms with Gasteiger partial charge in [0.1, 0.15) is 5.75 Å². The third-order valence-corrected chi connectivity index (χ3v) is 3.08. The zero-order valence-electron chi connectivity index (χ0n) is 12.8. The highest BCUT2D eigenvalue weighted by Gasteiger charge is 2.08. The summed E-state index contributed by atoms with van der Waals surface area (Å²) in [4.78, 5) is 11.8. The van der Waals surface area contributed by atoms with Crippen molar-refractivity contribution in [1.29, 1.82) is 0 Å². The van der Waals surface area contributed by atoms with Crippen molar-refractivity contribution in [2.24, 2.45) is 0 Å². The van der Waals surface area contributed by atoms with Gasteiger partial charge >= 0.3 is 0 Å². The fourth-order valence-corrected chi connectivity index (χ4v) is 1.88. The SMILES string of the molecule is CCCCNC(=O)c1ccc(Nc2ccccc2OC)nn1. The molecule has 116 valence electrons. The molecular weight excluding hydrogens is 280 g/mol. The normalized spacial score (nSPS) is 10.1. The fourth-order valence-electron chi connectivity index (χ4n) is 1.88. The second-order valence-electron chi connectivity index (χ2n) is 4.74. The van der Waals surface area contributed by atoms with E-state index in [0.717, 1.165) is 18.5 Å². The van der Waals surface area contributed by atoms with Crippen LogP contribution in [0, 0.1) is 0 Å². The lowest BCUT2D eigenvalue weighted by atomic mass is 10.3. The number of carbonyl (C=O) groups excluding carboxylic acids is 1. The van der Waals surface area contributed by atoms with E-state index in [2.05, 4.69) is 27.8 Å². The zero-order chi connectivity index (χ0) is 15.8. The number of carbonyl (C=O) groups is 1. The number of amides is 1. The van der Waals surface area contributed by atoms with Gasteiger partial charge in [-0.05, 0) is 30.7 Å². The Morgan fingerprint density at radius 3 is 2.68 bits per heavy atom. The van der Waals surface area contributed by atoms with Crippen LogP contribution in [-0.4, -0.2) is 29.8 Å². The van der Waals surface area contributed by atoms with Gasteiger partial charge in [0.2, 0.25) is 0 Å². The van der Waals surface area contributed by atoms with Gasteiger partial charge in [0.05, 0.1) is 12.8 Å². The number of para-hydroxylation sites is 2. The van der Waals surface area contributed by atoms with Crippen LogP contribution in [0.3, 0.4) is 0 Å². The third-order valence-electron chi connectivity index (χ3n) is 3.08. The molecule has 0 fully saturated rings. The van der Waals surface area contributed by atoms with Crippen LogP contribution < -0.4 is 15.4 Å². The first-order valence-corrected chi connectivity index (χ1v) is 7.26. The van der Waals surface area contributed by atoms with Gasteiger partial charge in [-0.15, -0.1) is 10.2 Å². The van der Waals surface area contributed by atoms with Crippen molar-refractivity contribution < 1.29 is 9.53 Å². The number of ether oxygens (including phenoxy) is 1. The molecule has 6 nitrogen and oxygen atoms in total. The van der Waals surface area contributed by atoms with E-state index in [1.165, 1.54) is 0 Å². The Hall–Kier alpha value is -2.63. The van der Waals surface area contributed by atoms with Crippen molar-refractivity contribution in [3.8, 4) is 5.75 Å². The molecule has 2 N–H and O–H groups in total. The highest BCUT2D eigenvalue weighted by Crippen LogP contribution is 2.25. The molecule has 0 aliphatic carbocycles. The number of hydrogen-bond donors (Lipinski definition) is 2. The minimum absolute atomic E-state index is 0.204. The largest absolute Gasteiger partial charge is 0.495 e. The smallest absolute Gasteiger partial charge is 0.271 e. The number of anilines is 2. The predicted octanol–water partition coefficient (Wildman–Crippen LogP) is 2.76. The van der Waals surface area contributed by atoms with Crippen LogP contribution in [0.5, 0.6) is 5.75 Å². The van der Waals surface area contributed by atoms with Gasteiger partial charge in [-0.3, -0.25) is 4.79 Å². The number of rotatable bonds is 7. The summed E-state index contributed by atoms with van der Waals surface area (Å²) in [5, 5.41) is 13.9. The molecule has 6 heteroatoms. The number of benzene rings is 1. The average Bonchev–Trinajstić information content (AvgIpc) is 2.56. The van der Waals surface area contributed by atoms with Gasteiger partial charge in [-0.2, -0.15) is 0 Å². The van der Waals surface area contributed by atoms with Crippen LogP contribution in [-0.2, 0) is 0 Å². The Bertz CT molecular complexity index is 614. The quantitative estimate of drug-likeness (QED) is 0.769. The Labute approximate surface area is 129 Å². The minimum atomic E-state index is -0.204. The lowest BCUT2D eigenvalue weighted by Gasteiger charge is -2.10. The van der Waals surface area contributed by atoms with E-state index in [9.17, 15) is 4.79 Å². The first kappa shape index (κ1) is 15.8. The molecule has 22 heavy (non-hydrogen) atoms. The van der Waals surface area contributed by atoms with E-state index < -0.39 is 0 Å². The molecule has 0 saturated carbocycles. The van der Waals surface area contributed by atoms with Crippen molar-refractivity contribution in [3.05, 3.63) is 42.1 Å². The maximum absolute atomic E-state index is 11.8. The molecule has 0 spiro atoms. The molecule has 1 aromatic carbocycles. The van der Waals surface area contributed by atoms with E-state index in [-0.39, 0.29) is 5.91 Å². The molecule has 1 amide bonds. The topological polar surface area (TPSA) is 76.1 Å². The van der Waals surface area contributed by atoms with Crippen molar-refractivity contribution in [2.45, 2.75) is 19.8 Å². The van der Waals surface area contributed by atoms with Gasteiger partial charge in [0, 0.05) is 6.54 Å². The summed E-state index contributed by atoms with van der Waals surface area (Å²) in [6.07, 6.45) is 1.99. The maximum Gasteiger partial charge on any atom is 0.271 e. The highest BCUT2D eigenvalue weighted by molar-refractivity contribution is 5.92. The number of hydrogen-bond acceptors (Lipinski definition) is 5. The molecular formula is C16H20N4O2. The van der Waals surface area contributed by atoms with Crippen LogP contribution in [0.15, 0.2) is 36.4 Å². The molecule has 2 rings (SSSR count). The lowest BCUT2D eigenvalue weighted by molar-refractivity contribution is 0.0947. The minimum Gasteiger partial charge on any atom is -0.495 e. The number of nitrogens with one attached hydrogen (secondary N) is 2. The van der Waals surface area contributed by atoms with Crippen LogP contribution in [0.4, 0.5) is 11.5 Å². The second-order valence-corrected chi connectivity index (χ2v) is 4.74. The summed E-state index contributed by atoms with van der Waals surface area (Å²) in [6.45, 7) is 2.72. The first-order valence-electron chi connectivity index (χ1n) is 7.26. The van der Waals surface area contributed by atoms with Crippen molar-refractivity contribution in [2.75, 3.05) is 19.0 Å². The number of aromatic nitrogens is 2. The molecule has 1 heterocycles. The molecule has 1 aromatic heterocycles. The molecule has 0 aliphatic rings. The predicted molar refractivity (Wildman–Crippen MR) is 85.5 cm³/mol. The fraction of sp³-hybridized carbons (Fsp3) is 0.312. The molecule has 0 bridgehead atoms. The standard InChI is InChI=1S/C16H20N4O2/c1-3-4-11-17-16(21)13-9-10-15(20-19-13)18-12-7-5-6-8-14(12)22-2/h5-10H,3-4,11H2,1-2H3,(H,17,21)(H,18,20). The second kappa shape index (κ2) is 7.97. The lowest BCUT2D eigenvalue weighted by Crippen LogP contribution is -2.25. The Kier molecular flexibility index (Phi) is 5.71. The zero-order valence-corrected chi connectivity index (χ0v) is 12.8. The van der Waals surface area contributed by atoms with Crippen molar-refractivity contribution >= 4 is 17.4 Å². The number of methoxy groups -OCH3 is 1. The van der Waals surface area contributed by atoms with Crippen LogP contribution in [0.25, 0.3) is 0 Å². The Morgan fingerprint density at radius 1 is 1.18 bits per heavy atom. The molecule has 0 unspecified atom stereocenters. The van der Waals surface area contributed by atoms with Crippen molar-refractivity contribution in [1.82, 2.24) is 15.5 Å². The van der Waals surface area contributed by atoms with Crippen LogP contribution >= 0.6 is 0 Å². The molecule has 0 atom stereocenters. The van der Waals surface area contributed by atoms with Crippen LogP contribution in [0.2, 0.25) is 0 Å². The Morgan fingerprint density at radius 2 is 2.00 bits per heavy atom. The van der Waals surface area contributed by atoms with E-state index >= 15 is 0 Å². The molecule has 0 saturated heterocycles. The summed E-state index contributed by atoms with van der Waals surface area (Å²) >= 11 is 0. The Balaban J connectivity index is 2.01. The molecule has 2 aromatic rings. The summed E-state index contributed by atoms with van der Waals surface area (Å²) in [5.41, 5.74) is 1.10. The van der Waals surface area contributed by atoms with E-state index in [0.29, 0.717) is 23.8 Å². The van der Waals surface area contributed by atoms with Gasteiger partial charge in [0.25, 0.3) is 5.91 Å². The van der Waals surface area contributed by atoms with E-state index in [1.807, 2.05) is 24.3 Å². The van der Waals surface area contributed by atoms with Crippen molar-refractivity contribution in [3.63, 3.8) is 0 Å². The molecule has 0 radical (unpaired) electrons. The number of nitrogens with zero attached hydrogens (tertiary/aromatic N) is 2. The monoisotopic (exact) mass is 300 g/mol. The maximum atomic E-state index is 11.8. The van der Waals surface area contributed by atoms with Crippen LogP contribution in [0.1, 0.15) is 30.3 Å². The summed E-state index contributed by atoms with van der Waals surface area (Å²) in [6, 6.07) is 10.9. The first-order chi connectivity index (χ1) is 10.7. The molecule has 0 aliphatic heterocycles.